The molecular formula is C25H28O. The Morgan fingerprint density at radius 3 is 1.85 bits per heavy atom. The van der Waals surface area contributed by atoms with Crippen LogP contribution in [0.25, 0.3) is 11.1 Å². The van der Waals surface area contributed by atoms with Gasteiger partial charge in [0.2, 0.25) is 5.78 Å². The van der Waals surface area contributed by atoms with Crippen molar-refractivity contribution in [2.75, 3.05) is 0 Å². The largest absolute Gasteiger partial charge is 0.285 e. The first-order chi connectivity index (χ1) is 12.8. The third-order valence-electron chi connectivity index (χ3n) is 5.30. The van der Waals surface area contributed by atoms with Crippen molar-refractivity contribution in [1.82, 2.24) is 0 Å². The van der Waals surface area contributed by atoms with Gasteiger partial charge in [-0.25, -0.2) is 0 Å². The fourth-order valence-corrected chi connectivity index (χ4v) is 3.68. The van der Waals surface area contributed by atoms with Crippen LogP contribution in [0.1, 0.15) is 63.4 Å². The molecule has 0 saturated heterocycles. The predicted octanol–water partition coefficient (Wildman–Crippen LogP) is 6.41. The fraction of sp³-hybridized carbons (Fsp3) is 0.400. The molecular weight excluding hydrogens is 316 g/mol. The summed E-state index contributed by atoms with van der Waals surface area (Å²) in [7, 11) is 0. The first kappa shape index (κ1) is 18.5. The molecule has 3 rings (SSSR count). The van der Waals surface area contributed by atoms with Crippen LogP contribution in [0.15, 0.2) is 54.6 Å². The molecule has 0 unspecified atom stereocenters. The van der Waals surface area contributed by atoms with E-state index >= 15 is 0 Å². The highest BCUT2D eigenvalue weighted by Gasteiger charge is 2.16. The summed E-state index contributed by atoms with van der Waals surface area (Å²) in [5.41, 5.74) is 3.29. The molecule has 0 heterocycles. The number of ketones is 1. The highest BCUT2D eigenvalue weighted by Crippen LogP contribution is 2.22. The first-order valence-electron chi connectivity index (χ1n) is 10.0. The molecule has 1 heteroatoms. The summed E-state index contributed by atoms with van der Waals surface area (Å²) in [6, 6.07) is 18.5. The van der Waals surface area contributed by atoms with E-state index in [0.29, 0.717) is 0 Å². The van der Waals surface area contributed by atoms with E-state index in [4.69, 9.17) is 0 Å². The summed E-state index contributed by atoms with van der Waals surface area (Å²) < 4.78 is 0. The van der Waals surface area contributed by atoms with Crippen LogP contribution in [-0.2, 0) is 4.79 Å². The lowest BCUT2D eigenvalue weighted by molar-refractivity contribution is -0.117. The Balaban J connectivity index is 1.62. The summed E-state index contributed by atoms with van der Waals surface area (Å²) >= 11 is 0. The Bertz CT molecular complexity index is 736. The summed E-state index contributed by atoms with van der Waals surface area (Å²) in [6.45, 7) is 0. The molecule has 0 radical (unpaired) electrons. The zero-order valence-corrected chi connectivity index (χ0v) is 15.5. The number of hydrogen-bond donors (Lipinski definition) is 0. The molecule has 1 aliphatic carbocycles. The van der Waals surface area contributed by atoms with Crippen LogP contribution in [0, 0.1) is 17.8 Å². The molecule has 0 atom stereocenters. The van der Waals surface area contributed by atoms with Gasteiger partial charge in [-0.15, -0.1) is 0 Å². The monoisotopic (exact) mass is 344 g/mol. The summed E-state index contributed by atoms with van der Waals surface area (Å²) in [4.78, 5) is 12.5. The van der Waals surface area contributed by atoms with Crippen LogP contribution in [0.5, 0.6) is 0 Å². The maximum absolute atomic E-state index is 12.5. The third-order valence-corrected chi connectivity index (χ3v) is 5.30. The van der Waals surface area contributed by atoms with Crippen molar-refractivity contribution in [3.8, 4) is 23.0 Å². The van der Waals surface area contributed by atoms with Crippen molar-refractivity contribution in [3.63, 3.8) is 0 Å². The zero-order chi connectivity index (χ0) is 18.0. The highest BCUT2D eigenvalue weighted by molar-refractivity contribution is 5.97. The molecule has 0 aliphatic heterocycles. The Hall–Kier alpha value is -2.33. The maximum atomic E-state index is 12.5. The first-order valence-corrected chi connectivity index (χ1v) is 10.0. The minimum absolute atomic E-state index is 0.137. The lowest BCUT2D eigenvalue weighted by atomic mass is 9.89. The van der Waals surface area contributed by atoms with Crippen LogP contribution in [0.3, 0.4) is 0 Å². The Labute approximate surface area is 157 Å². The quantitative estimate of drug-likeness (QED) is 0.575. The molecule has 1 aliphatic rings. The van der Waals surface area contributed by atoms with Gasteiger partial charge in [0.1, 0.15) is 0 Å². The van der Waals surface area contributed by atoms with Crippen LogP contribution in [-0.4, -0.2) is 5.78 Å². The smallest absolute Gasteiger partial charge is 0.208 e. The normalized spacial score (nSPS) is 16.3. The number of Topliss-reactive ketones (excluding diaryl/α,β-unsaturated/α-hetero) is 1. The van der Waals surface area contributed by atoms with Crippen molar-refractivity contribution >= 4 is 5.78 Å². The fourth-order valence-electron chi connectivity index (χ4n) is 3.68. The van der Waals surface area contributed by atoms with E-state index in [1.54, 1.807) is 0 Å². The molecule has 0 amide bonds. The molecule has 0 bridgehead atoms. The SMILES string of the molecule is O=C(C#Cc1ccc(-c2ccccc2)cc1)C1CCCCCCCCC1. The van der Waals surface area contributed by atoms with Crippen molar-refractivity contribution < 1.29 is 4.79 Å². The molecule has 134 valence electrons. The molecule has 1 saturated carbocycles. The molecule has 0 N–H and O–H groups in total. The van der Waals surface area contributed by atoms with E-state index < -0.39 is 0 Å². The summed E-state index contributed by atoms with van der Waals surface area (Å²) in [6.07, 6.45) is 10.9. The molecule has 0 aromatic heterocycles. The van der Waals surface area contributed by atoms with Gasteiger partial charge in [-0.1, -0.05) is 93.3 Å². The van der Waals surface area contributed by atoms with Crippen molar-refractivity contribution in [2.24, 2.45) is 5.92 Å². The van der Waals surface area contributed by atoms with Crippen molar-refractivity contribution in [1.29, 1.82) is 0 Å². The number of carbonyl (C=O) groups is 1. The van der Waals surface area contributed by atoms with Crippen LogP contribution >= 0.6 is 0 Å². The molecule has 1 fully saturated rings. The minimum atomic E-state index is 0.137. The molecule has 1 nitrogen and oxygen atoms in total. The van der Waals surface area contributed by atoms with Gasteiger partial charge in [0, 0.05) is 11.5 Å². The second-order valence-corrected chi connectivity index (χ2v) is 7.31. The zero-order valence-electron chi connectivity index (χ0n) is 15.5. The second kappa shape index (κ2) is 9.97. The standard InChI is InChI=1S/C25H28O/c26-25(24-13-7-4-2-1-3-5-8-14-24)20-17-21-15-18-23(19-16-21)22-11-9-6-10-12-22/h6,9-12,15-16,18-19,24H,1-5,7-8,13-14H2. The van der Waals surface area contributed by atoms with Gasteiger partial charge in [0.15, 0.2) is 0 Å². The van der Waals surface area contributed by atoms with Gasteiger partial charge >= 0.3 is 0 Å². The highest BCUT2D eigenvalue weighted by atomic mass is 16.1. The van der Waals surface area contributed by atoms with Gasteiger partial charge < -0.3 is 0 Å². The number of carbonyl (C=O) groups excluding carboxylic acids is 1. The average molecular weight is 344 g/mol. The van der Waals surface area contributed by atoms with Gasteiger partial charge in [-0.3, -0.25) is 4.79 Å². The molecule has 2 aromatic carbocycles. The maximum Gasteiger partial charge on any atom is 0.208 e. The lowest BCUT2D eigenvalue weighted by Crippen LogP contribution is -2.13. The minimum Gasteiger partial charge on any atom is -0.285 e. The van der Waals surface area contributed by atoms with Gasteiger partial charge in [0.05, 0.1) is 0 Å². The van der Waals surface area contributed by atoms with Crippen LogP contribution < -0.4 is 0 Å². The Kier molecular flexibility index (Phi) is 7.08. The van der Waals surface area contributed by atoms with E-state index in [1.807, 2.05) is 30.3 Å². The molecule has 0 spiro atoms. The summed E-state index contributed by atoms with van der Waals surface area (Å²) in [5.74, 6) is 6.29. The summed E-state index contributed by atoms with van der Waals surface area (Å²) in [5, 5.41) is 0. The van der Waals surface area contributed by atoms with Gasteiger partial charge in [0.25, 0.3) is 0 Å². The predicted molar refractivity (Wildman–Crippen MR) is 109 cm³/mol. The van der Waals surface area contributed by atoms with E-state index in [1.165, 1.54) is 56.1 Å². The Morgan fingerprint density at radius 1 is 0.692 bits per heavy atom. The van der Waals surface area contributed by atoms with E-state index in [-0.39, 0.29) is 11.7 Å². The van der Waals surface area contributed by atoms with Crippen LogP contribution in [0.4, 0.5) is 0 Å². The third kappa shape index (κ3) is 5.60. The molecule has 2 aromatic rings. The number of hydrogen-bond acceptors (Lipinski definition) is 1. The Morgan fingerprint density at radius 2 is 1.23 bits per heavy atom. The van der Waals surface area contributed by atoms with E-state index in [0.717, 1.165) is 18.4 Å². The number of benzene rings is 2. The average Bonchev–Trinajstić information content (AvgIpc) is 2.71. The van der Waals surface area contributed by atoms with Gasteiger partial charge in [-0.2, -0.15) is 0 Å². The lowest BCUT2D eigenvalue weighted by Gasteiger charge is -2.14. The van der Waals surface area contributed by atoms with E-state index in [9.17, 15) is 4.79 Å². The number of rotatable bonds is 2. The van der Waals surface area contributed by atoms with Crippen molar-refractivity contribution in [3.05, 3.63) is 60.2 Å². The van der Waals surface area contributed by atoms with Crippen molar-refractivity contribution in [2.45, 2.75) is 57.8 Å². The topological polar surface area (TPSA) is 17.1 Å². The molecule has 26 heavy (non-hydrogen) atoms. The van der Waals surface area contributed by atoms with Gasteiger partial charge in [-0.05, 0) is 42.0 Å². The van der Waals surface area contributed by atoms with E-state index in [2.05, 4.69) is 36.1 Å². The second-order valence-electron chi connectivity index (χ2n) is 7.31. The van der Waals surface area contributed by atoms with Crippen LogP contribution in [0.2, 0.25) is 0 Å².